The second-order valence-corrected chi connectivity index (χ2v) is 5.39. The highest BCUT2D eigenvalue weighted by Crippen LogP contribution is 2.32. The summed E-state index contributed by atoms with van der Waals surface area (Å²) in [6, 6.07) is 0. The molecule has 2 heterocycles. The molecule has 2 heteroatoms. The summed E-state index contributed by atoms with van der Waals surface area (Å²) in [6.45, 7) is 10.3. The fourth-order valence-corrected chi connectivity index (χ4v) is 2.44. The van der Waals surface area contributed by atoms with Gasteiger partial charge in [-0.25, -0.2) is 0 Å². The first kappa shape index (κ1) is 9.47. The molecule has 2 rings (SSSR count). The zero-order valence-corrected chi connectivity index (χ0v) is 9.05. The summed E-state index contributed by atoms with van der Waals surface area (Å²) in [5.41, 5.74) is 0.320. The molecule has 0 aromatic rings. The van der Waals surface area contributed by atoms with Crippen molar-refractivity contribution in [2.24, 2.45) is 5.92 Å². The van der Waals surface area contributed by atoms with Crippen LogP contribution in [0.3, 0.4) is 0 Å². The van der Waals surface area contributed by atoms with Crippen LogP contribution in [0.4, 0.5) is 0 Å². The van der Waals surface area contributed by atoms with Gasteiger partial charge in [0.2, 0.25) is 0 Å². The van der Waals surface area contributed by atoms with Gasteiger partial charge in [0, 0.05) is 25.2 Å². The van der Waals surface area contributed by atoms with Crippen molar-refractivity contribution in [1.29, 1.82) is 0 Å². The minimum absolute atomic E-state index is 0.320. The molecule has 0 aliphatic carbocycles. The Morgan fingerprint density at radius 3 is 2.62 bits per heavy atom. The standard InChI is InChI=1S/C11H21NO/c1-11(2,3)12-7-9-5-4-6-13-10(9)8-12/h9-10H,4-8H2,1-3H3/t9-,10+/m0/s1. The zero-order chi connectivity index (χ0) is 9.47. The summed E-state index contributed by atoms with van der Waals surface area (Å²) in [5.74, 6) is 0.813. The SMILES string of the molecule is CC(C)(C)N1C[C@@H]2CCCO[C@@H]2C1. The number of hydrogen-bond donors (Lipinski definition) is 0. The molecular formula is C11H21NO. The van der Waals surface area contributed by atoms with Crippen LogP contribution in [-0.2, 0) is 4.74 Å². The van der Waals surface area contributed by atoms with E-state index in [1.54, 1.807) is 0 Å². The first-order chi connectivity index (χ1) is 6.07. The number of likely N-dealkylation sites (tertiary alicyclic amines) is 1. The summed E-state index contributed by atoms with van der Waals surface area (Å²) < 4.78 is 5.79. The van der Waals surface area contributed by atoms with Crippen molar-refractivity contribution in [1.82, 2.24) is 4.90 Å². The Balaban J connectivity index is 1.99. The molecule has 0 unspecified atom stereocenters. The van der Waals surface area contributed by atoms with E-state index in [-0.39, 0.29) is 0 Å². The minimum atomic E-state index is 0.320. The monoisotopic (exact) mass is 183 g/mol. The molecule has 2 aliphatic rings. The first-order valence-electron chi connectivity index (χ1n) is 5.44. The summed E-state index contributed by atoms with van der Waals surface area (Å²) in [4.78, 5) is 2.56. The normalized spacial score (nSPS) is 36.2. The second-order valence-electron chi connectivity index (χ2n) is 5.39. The largest absolute Gasteiger partial charge is 0.377 e. The van der Waals surface area contributed by atoms with Gasteiger partial charge in [-0.3, -0.25) is 4.90 Å². The maximum absolute atomic E-state index is 5.79. The van der Waals surface area contributed by atoms with Crippen molar-refractivity contribution in [3.63, 3.8) is 0 Å². The van der Waals surface area contributed by atoms with Crippen LogP contribution >= 0.6 is 0 Å². The number of ether oxygens (including phenoxy) is 1. The van der Waals surface area contributed by atoms with Gasteiger partial charge in [-0.15, -0.1) is 0 Å². The smallest absolute Gasteiger partial charge is 0.0742 e. The van der Waals surface area contributed by atoms with Crippen molar-refractivity contribution in [2.75, 3.05) is 19.7 Å². The fraction of sp³-hybridized carbons (Fsp3) is 1.00. The van der Waals surface area contributed by atoms with E-state index in [1.807, 2.05) is 0 Å². The number of nitrogens with zero attached hydrogens (tertiary/aromatic N) is 1. The van der Waals surface area contributed by atoms with E-state index in [2.05, 4.69) is 25.7 Å². The van der Waals surface area contributed by atoms with Crippen LogP contribution in [0, 0.1) is 5.92 Å². The van der Waals surface area contributed by atoms with Crippen LogP contribution in [0.2, 0.25) is 0 Å². The highest BCUT2D eigenvalue weighted by molar-refractivity contribution is 4.92. The lowest BCUT2D eigenvalue weighted by atomic mass is 9.98. The average Bonchev–Trinajstić information content (AvgIpc) is 2.45. The summed E-state index contributed by atoms with van der Waals surface area (Å²) >= 11 is 0. The predicted molar refractivity (Wildman–Crippen MR) is 53.8 cm³/mol. The summed E-state index contributed by atoms with van der Waals surface area (Å²) in [7, 11) is 0. The molecule has 2 nitrogen and oxygen atoms in total. The van der Waals surface area contributed by atoms with E-state index in [4.69, 9.17) is 4.74 Å². The van der Waals surface area contributed by atoms with Crippen molar-refractivity contribution >= 4 is 0 Å². The van der Waals surface area contributed by atoms with Crippen molar-refractivity contribution in [2.45, 2.75) is 45.3 Å². The van der Waals surface area contributed by atoms with Gasteiger partial charge in [-0.05, 0) is 39.5 Å². The zero-order valence-electron chi connectivity index (χ0n) is 9.05. The molecule has 13 heavy (non-hydrogen) atoms. The molecule has 0 spiro atoms. The topological polar surface area (TPSA) is 12.5 Å². The van der Waals surface area contributed by atoms with Crippen LogP contribution in [0.25, 0.3) is 0 Å². The molecule has 0 bridgehead atoms. The van der Waals surface area contributed by atoms with Crippen LogP contribution < -0.4 is 0 Å². The lowest BCUT2D eigenvalue weighted by Crippen LogP contribution is -2.40. The molecule has 2 aliphatic heterocycles. The Hall–Kier alpha value is -0.0800. The molecule has 76 valence electrons. The Labute approximate surface area is 81.3 Å². The first-order valence-corrected chi connectivity index (χ1v) is 5.44. The van der Waals surface area contributed by atoms with Crippen molar-refractivity contribution in [3.8, 4) is 0 Å². The molecule has 0 amide bonds. The maximum Gasteiger partial charge on any atom is 0.0742 e. The van der Waals surface area contributed by atoms with Gasteiger partial charge >= 0.3 is 0 Å². The molecule has 2 saturated heterocycles. The van der Waals surface area contributed by atoms with Gasteiger partial charge in [-0.2, -0.15) is 0 Å². The minimum Gasteiger partial charge on any atom is -0.377 e. The Kier molecular flexibility index (Phi) is 2.37. The van der Waals surface area contributed by atoms with Gasteiger partial charge in [0.1, 0.15) is 0 Å². The Morgan fingerprint density at radius 1 is 1.23 bits per heavy atom. The highest BCUT2D eigenvalue weighted by atomic mass is 16.5. The van der Waals surface area contributed by atoms with Gasteiger partial charge in [-0.1, -0.05) is 0 Å². The molecule has 0 aromatic carbocycles. The summed E-state index contributed by atoms with van der Waals surface area (Å²) in [6.07, 6.45) is 3.17. The van der Waals surface area contributed by atoms with Crippen LogP contribution in [0.5, 0.6) is 0 Å². The average molecular weight is 183 g/mol. The van der Waals surface area contributed by atoms with E-state index in [0.717, 1.165) is 19.1 Å². The molecule has 0 aromatic heterocycles. The van der Waals surface area contributed by atoms with E-state index in [0.29, 0.717) is 11.6 Å². The quantitative estimate of drug-likeness (QED) is 0.568. The van der Waals surface area contributed by atoms with Crippen LogP contribution in [-0.4, -0.2) is 36.2 Å². The van der Waals surface area contributed by atoms with E-state index >= 15 is 0 Å². The summed E-state index contributed by atoms with van der Waals surface area (Å²) in [5, 5.41) is 0. The van der Waals surface area contributed by atoms with Crippen molar-refractivity contribution < 1.29 is 4.74 Å². The lowest BCUT2D eigenvalue weighted by molar-refractivity contribution is -0.00291. The second kappa shape index (κ2) is 3.25. The van der Waals surface area contributed by atoms with E-state index in [9.17, 15) is 0 Å². The number of rotatable bonds is 0. The van der Waals surface area contributed by atoms with E-state index in [1.165, 1.54) is 19.4 Å². The molecule has 0 saturated carbocycles. The molecule has 2 atom stereocenters. The van der Waals surface area contributed by atoms with Gasteiger partial charge in [0.25, 0.3) is 0 Å². The highest BCUT2D eigenvalue weighted by Gasteiger charge is 2.39. The third-order valence-corrected chi connectivity index (χ3v) is 3.38. The molecule has 2 fully saturated rings. The van der Waals surface area contributed by atoms with E-state index < -0.39 is 0 Å². The molecule has 0 radical (unpaired) electrons. The third-order valence-electron chi connectivity index (χ3n) is 3.38. The van der Waals surface area contributed by atoms with Crippen LogP contribution in [0.15, 0.2) is 0 Å². The van der Waals surface area contributed by atoms with Gasteiger partial charge in [0.05, 0.1) is 6.10 Å². The number of fused-ring (bicyclic) bond motifs is 1. The molecule has 0 N–H and O–H groups in total. The lowest BCUT2D eigenvalue weighted by Gasteiger charge is -2.31. The number of hydrogen-bond acceptors (Lipinski definition) is 2. The maximum atomic E-state index is 5.79. The van der Waals surface area contributed by atoms with Crippen molar-refractivity contribution in [3.05, 3.63) is 0 Å². The van der Waals surface area contributed by atoms with Gasteiger partial charge in [0.15, 0.2) is 0 Å². The Bertz CT molecular complexity index is 171. The Morgan fingerprint density at radius 2 is 2.00 bits per heavy atom. The predicted octanol–water partition coefficient (Wildman–Crippen LogP) is 1.90. The van der Waals surface area contributed by atoms with Gasteiger partial charge < -0.3 is 4.74 Å². The van der Waals surface area contributed by atoms with Crippen LogP contribution in [0.1, 0.15) is 33.6 Å². The fourth-order valence-electron chi connectivity index (χ4n) is 2.44. The third kappa shape index (κ3) is 1.89. The molecular weight excluding hydrogens is 162 g/mol.